The monoisotopic (exact) mass is 902 g/mol. The van der Waals surface area contributed by atoms with Gasteiger partial charge in [0.05, 0.1) is 34.1 Å². The normalized spacial score (nSPS) is 15.0. The molecule has 0 saturated heterocycles. The minimum atomic E-state index is -0.378. The maximum Gasteiger partial charge on any atom is 0.159 e. The SMILES string of the molecule is CC1(C)c2ccccc2N(c2cccc3c2oc2ccccc23)c2ccc3c(oc4cc5cc6c(cc5cc43)oc3c4c(ccc36)N(c3cccc5c3oc3ccccc35)c3ccccc3C4(C)C)c21. The second kappa shape index (κ2) is 13.1. The highest BCUT2D eigenvalue weighted by atomic mass is 16.3. The Morgan fingerprint density at radius 2 is 0.657 bits per heavy atom. The maximum atomic E-state index is 7.16. The van der Waals surface area contributed by atoms with Crippen LogP contribution in [0, 0.1) is 0 Å². The van der Waals surface area contributed by atoms with E-state index in [2.05, 4.69) is 195 Å². The first kappa shape index (κ1) is 38.3. The molecule has 6 nitrogen and oxygen atoms in total. The Morgan fingerprint density at radius 1 is 0.286 bits per heavy atom. The fourth-order valence-corrected chi connectivity index (χ4v) is 12.7. The molecule has 10 aromatic carbocycles. The number of fused-ring (bicyclic) bond motifs is 19. The minimum Gasteiger partial charge on any atom is -0.456 e. The minimum absolute atomic E-state index is 0.378. The summed E-state index contributed by atoms with van der Waals surface area (Å²) in [6.45, 7) is 9.29. The average Bonchev–Trinajstić information content (AvgIpc) is 4.15. The van der Waals surface area contributed by atoms with Crippen LogP contribution in [-0.4, -0.2) is 0 Å². The zero-order valence-corrected chi connectivity index (χ0v) is 38.8. The molecule has 16 rings (SSSR count). The van der Waals surface area contributed by atoms with Gasteiger partial charge in [0.25, 0.3) is 0 Å². The van der Waals surface area contributed by atoms with Gasteiger partial charge in [0.2, 0.25) is 0 Å². The Kier molecular flexibility index (Phi) is 7.14. The first-order chi connectivity index (χ1) is 34.2. The summed E-state index contributed by atoms with van der Waals surface area (Å²) in [6, 6.07) is 65.1. The molecule has 6 heteroatoms. The van der Waals surface area contributed by atoms with Gasteiger partial charge in [-0.05, 0) is 107 Å². The highest BCUT2D eigenvalue weighted by Gasteiger charge is 2.42. The standard InChI is InChI=1S/C64H42N2O4/c1-63(2)45-19-7-9-21-47(45)65(51-23-13-17-39-37-15-5-11-25-53(37)67-59(39)51)49-29-27-41-43-31-35-34-56-44(32-36(35)33-55(43)69-61(41)57(49)63)42-28-30-50-58(62(42)70-56)64(3,4)46-20-8-10-22-48(46)66(50)52-24-14-18-40-38-16-6-12-26-54(38)68-60(40)52/h5-34H,1-4H3. The lowest BCUT2D eigenvalue weighted by Crippen LogP contribution is -2.30. The van der Waals surface area contributed by atoms with Crippen molar-refractivity contribution in [1.82, 2.24) is 0 Å². The third kappa shape index (κ3) is 4.77. The number of hydrogen-bond donors (Lipinski definition) is 0. The van der Waals surface area contributed by atoms with Crippen molar-refractivity contribution < 1.29 is 17.7 Å². The van der Waals surface area contributed by atoms with Gasteiger partial charge < -0.3 is 27.5 Å². The van der Waals surface area contributed by atoms with Crippen LogP contribution in [0.3, 0.4) is 0 Å². The fraction of sp³-hybridized carbons (Fsp3) is 0.0938. The number of benzene rings is 10. The molecule has 0 spiro atoms. The maximum absolute atomic E-state index is 7.16. The van der Waals surface area contributed by atoms with Crippen molar-refractivity contribution in [2.45, 2.75) is 38.5 Å². The molecule has 0 amide bonds. The van der Waals surface area contributed by atoms with Gasteiger partial charge in [0, 0.05) is 65.0 Å². The van der Waals surface area contributed by atoms with Gasteiger partial charge in [-0.3, -0.25) is 0 Å². The Balaban J connectivity index is 0.890. The molecule has 0 atom stereocenters. The van der Waals surface area contributed by atoms with E-state index in [-0.39, 0.29) is 10.8 Å². The lowest BCUT2D eigenvalue weighted by molar-refractivity contribution is 0.601. The lowest BCUT2D eigenvalue weighted by Gasteiger charge is -2.41. The summed E-state index contributed by atoms with van der Waals surface area (Å²) in [5.41, 5.74) is 17.4. The predicted octanol–water partition coefficient (Wildman–Crippen LogP) is 18.7. The van der Waals surface area contributed by atoms with Gasteiger partial charge in [-0.1, -0.05) is 125 Å². The van der Waals surface area contributed by atoms with Crippen molar-refractivity contribution in [1.29, 1.82) is 0 Å². The molecule has 332 valence electrons. The largest absolute Gasteiger partial charge is 0.456 e. The molecule has 14 aromatic rings. The molecular formula is C64H42N2O4. The quantitative estimate of drug-likeness (QED) is 0.172. The first-order valence-corrected chi connectivity index (χ1v) is 24.2. The highest BCUT2D eigenvalue weighted by molar-refractivity contribution is 6.19. The van der Waals surface area contributed by atoms with E-state index in [1.165, 1.54) is 11.1 Å². The predicted molar refractivity (Wildman–Crippen MR) is 287 cm³/mol. The molecule has 0 unspecified atom stereocenters. The van der Waals surface area contributed by atoms with Crippen molar-refractivity contribution in [3.63, 3.8) is 0 Å². The van der Waals surface area contributed by atoms with E-state index < -0.39 is 0 Å². The summed E-state index contributed by atoms with van der Waals surface area (Å²) in [5, 5.41) is 10.9. The average molecular weight is 903 g/mol. The molecule has 4 aromatic heterocycles. The van der Waals surface area contributed by atoms with E-state index in [4.69, 9.17) is 17.7 Å². The topological polar surface area (TPSA) is 59.0 Å². The van der Waals surface area contributed by atoms with E-state index in [1.807, 2.05) is 24.3 Å². The second-order valence-corrected chi connectivity index (χ2v) is 20.4. The molecule has 0 radical (unpaired) electrons. The molecule has 0 N–H and O–H groups in total. The van der Waals surface area contributed by atoms with Crippen molar-refractivity contribution >= 4 is 133 Å². The lowest BCUT2D eigenvalue weighted by atomic mass is 9.73. The van der Waals surface area contributed by atoms with E-state index in [1.54, 1.807) is 0 Å². The molecular weight excluding hydrogens is 861 g/mol. The summed E-state index contributed by atoms with van der Waals surface area (Å²) in [6.07, 6.45) is 0. The summed E-state index contributed by atoms with van der Waals surface area (Å²) < 4.78 is 27.7. The number of nitrogens with zero attached hydrogens (tertiary/aromatic N) is 2. The number of para-hydroxylation sites is 6. The molecule has 0 fully saturated rings. The van der Waals surface area contributed by atoms with E-state index in [0.29, 0.717) is 0 Å². The van der Waals surface area contributed by atoms with E-state index in [9.17, 15) is 0 Å². The summed E-state index contributed by atoms with van der Waals surface area (Å²) in [5.74, 6) is 0. The van der Waals surface area contributed by atoms with Crippen LogP contribution in [0.4, 0.5) is 34.1 Å². The Morgan fingerprint density at radius 3 is 1.13 bits per heavy atom. The smallest absolute Gasteiger partial charge is 0.159 e. The third-order valence-electron chi connectivity index (χ3n) is 15.9. The van der Waals surface area contributed by atoms with Crippen molar-refractivity contribution in [3.8, 4) is 0 Å². The highest BCUT2D eigenvalue weighted by Crippen LogP contribution is 2.58. The zero-order valence-electron chi connectivity index (χ0n) is 38.8. The number of rotatable bonds is 2. The molecule has 6 heterocycles. The number of furan rings is 4. The van der Waals surface area contributed by atoms with Gasteiger partial charge in [-0.25, -0.2) is 0 Å². The van der Waals surface area contributed by atoms with Crippen LogP contribution in [0.25, 0.3) is 98.5 Å². The van der Waals surface area contributed by atoms with Gasteiger partial charge >= 0.3 is 0 Å². The number of hydrogen-bond acceptors (Lipinski definition) is 6. The summed E-state index contributed by atoms with van der Waals surface area (Å²) >= 11 is 0. The molecule has 0 bridgehead atoms. The van der Waals surface area contributed by atoms with Crippen LogP contribution in [0.15, 0.2) is 200 Å². The third-order valence-corrected chi connectivity index (χ3v) is 15.9. The molecule has 0 saturated carbocycles. The molecule has 2 aliphatic heterocycles. The van der Waals surface area contributed by atoms with Crippen LogP contribution < -0.4 is 9.80 Å². The fourth-order valence-electron chi connectivity index (χ4n) is 12.7. The van der Waals surface area contributed by atoms with Crippen LogP contribution in [0.2, 0.25) is 0 Å². The van der Waals surface area contributed by atoms with Crippen LogP contribution in [0.5, 0.6) is 0 Å². The molecule has 0 aliphatic carbocycles. The number of anilines is 6. The van der Waals surface area contributed by atoms with Gasteiger partial charge in [0.1, 0.15) is 33.5 Å². The van der Waals surface area contributed by atoms with E-state index >= 15 is 0 Å². The summed E-state index contributed by atoms with van der Waals surface area (Å²) in [7, 11) is 0. The first-order valence-electron chi connectivity index (χ1n) is 24.2. The second-order valence-electron chi connectivity index (χ2n) is 20.4. The Hall–Kier alpha value is -8.74. The van der Waals surface area contributed by atoms with Crippen LogP contribution in [-0.2, 0) is 10.8 Å². The van der Waals surface area contributed by atoms with Gasteiger partial charge in [0.15, 0.2) is 11.2 Å². The Bertz CT molecular complexity index is 4340. The van der Waals surface area contributed by atoms with Gasteiger partial charge in [-0.15, -0.1) is 0 Å². The van der Waals surface area contributed by atoms with Gasteiger partial charge in [-0.2, -0.15) is 0 Å². The van der Waals surface area contributed by atoms with Crippen molar-refractivity contribution in [2.24, 2.45) is 0 Å². The van der Waals surface area contributed by atoms with E-state index in [0.717, 1.165) is 144 Å². The molecule has 70 heavy (non-hydrogen) atoms. The van der Waals surface area contributed by atoms with Crippen LogP contribution in [0.1, 0.15) is 49.9 Å². The van der Waals surface area contributed by atoms with Crippen LogP contribution >= 0.6 is 0 Å². The van der Waals surface area contributed by atoms with Crippen molar-refractivity contribution in [3.05, 3.63) is 204 Å². The van der Waals surface area contributed by atoms with Crippen molar-refractivity contribution in [2.75, 3.05) is 9.80 Å². The zero-order chi connectivity index (χ0) is 46.4. The molecule has 2 aliphatic rings. The Labute approximate surface area is 401 Å². The summed E-state index contributed by atoms with van der Waals surface area (Å²) in [4.78, 5) is 4.75.